The second-order valence-electron chi connectivity index (χ2n) is 6.32. The average Bonchev–Trinajstić information content (AvgIpc) is 3.16. The minimum absolute atomic E-state index is 0.0635. The molecular weight excluding hydrogens is 342 g/mol. The molecule has 24 heavy (non-hydrogen) atoms. The lowest BCUT2D eigenvalue weighted by atomic mass is 9.73. The van der Waals surface area contributed by atoms with Crippen LogP contribution in [-0.4, -0.2) is 22.1 Å². The summed E-state index contributed by atoms with van der Waals surface area (Å²) in [6.45, 7) is 0.460. The maximum absolute atomic E-state index is 12.6. The third-order valence-electron chi connectivity index (χ3n) is 4.82. The highest BCUT2D eigenvalue weighted by Gasteiger charge is 2.36. The molecule has 1 N–H and O–H groups in total. The molecule has 3 rings (SSSR count). The fourth-order valence-corrected chi connectivity index (χ4v) is 5.51. The highest BCUT2D eigenvalue weighted by Crippen LogP contribution is 2.41. The summed E-state index contributed by atoms with van der Waals surface area (Å²) >= 11 is 1.73. The summed E-state index contributed by atoms with van der Waals surface area (Å²) in [5.41, 5.74) is -0.0635. The smallest absolute Gasteiger partial charge is 0.240 e. The van der Waals surface area contributed by atoms with Crippen molar-refractivity contribution in [1.29, 1.82) is 0 Å². The van der Waals surface area contributed by atoms with Crippen molar-refractivity contribution in [3.8, 4) is 5.75 Å². The van der Waals surface area contributed by atoms with Crippen LogP contribution in [0.15, 0.2) is 46.7 Å². The zero-order valence-electron chi connectivity index (χ0n) is 13.8. The van der Waals surface area contributed by atoms with Gasteiger partial charge in [-0.25, -0.2) is 13.1 Å². The summed E-state index contributed by atoms with van der Waals surface area (Å²) in [6, 6.07) is 10.7. The van der Waals surface area contributed by atoms with E-state index in [0.717, 1.165) is 25.7 Å². The lowest BCUT2D eigenvalue weighted by Gasteiger charge is -2.36. The van der Waals surface area contributed by atoms with Gasteiger partial charge in [0.25, 0.3) is 0 Å². The van der Waals surface area contributed by atoms with Crippen LogP contribution in [0.3, 0.4) is 0 Å². The summed E-state index contributed by atoms with van der Waals surface area (Å²) < 4.78 is 33.2. The fourth-order valence-electron chi connectivity index (χ4n) is 3.39. The number of hydrogen-bond donors (Lipinski definition) is 1. The highest BCUT2D eigenvalue weighted by atomic mass is 32.2. The Hall–Kier alpha value is -1.37. The van der Waals surface area contributed by atoms with Crippen molar-refractivity contribution >= 4 is 21.4 Å². The van der Waals surface area contributed by atoms with Gasteiger partial charge in [-0.1, -0.05) is 25.3 Å². The minimum Gasteiger partial charge on any atom is -0.497 e. The van der Waals surface area contributed by atoms with Gasteiger partial charge in [0.1, 0.15) is 5.75 Å². The third kappa shape index (κ3) is 3.66. The molecule has 0 aliphatic heterocycles. The molecule has 1 saturated carbocycles. The Morgan fingerprint density at radius 2 is 1.83 bits per heavy atom. The number of ether oxygens (including phenoxy) is 1. The van der Waals surface area contributed by atoms with Gasteiger partial charge in [-0.05, 0) is 48.6 Å². The van der Waals surface area contributed by atoms with Crippen LogP contribution in [0.25, 0.3) is 0 Å². The van der Waals surface area contributed by atoms with Crippen LogP contribution in [0.2, 0.25) is 0 Å². The molecule has 130 valence electrons. The van der Waals surface area contributed by atoms with E-state index in [1.807, 2.05) is 6.07 Å². The van der Waals surface area contributed by atoms with E-state index >= 15 is 0 Å². The van der Waals surface area contributed by atoms with Gasteiger partial charge < -0.3 is 4.74 Å². The van der Waals surface area contributed by atoms with Crippen LogP contribution in [0.1, 0.15) is 37.0 Å². The molecule has 4 nitrogen and oxygen atoms in total. The molecule has 0 bridgehead atoms. The second kappa shape index (κ2) is 7.25. The van der Waals surface area contributed by atoms with Gasteiger partial charge in [-0.2, -0.15) is 0 Å². The minimum atomic E-state index is -3.51. The molecule has 1 aromatic carbocycles. The molecule has 1 heterocycles. The first kappa shape index (κ1) is 17.5. The first-order valence-electron chi connectivity index (χ1n) is 8.23. The molecule has 0 radical (unpaired) electrons. The van der Waals surface area contributed by atoms with E-state index in [2.05, 4.69) is 16.2 Å². The van der Waals surface area contributed by atoms with Crippen molar-refractivity contribution in [1.82, 2.24) is 4.72 Å². The molecular formula is C18H23NO3S2. The molecule has 0 saturated heterocycles. The Kier molecular flexibility index (Phi) is 5.27. The standard InChI is InChI=1S/C18H23NO3S2/c1-22-15-7-9-16(10-8-15)24(20,21)19-14-18(11-3-2-4-12-18)17-6-5-13-23-17/h5-10,13,19H,2-4,11-12,14H2,1H3. The Morgan fingerprint density at radius 3 is 2.42 bits per heavy atom. The SMILES string of the molecule is COc1ccc(S(=O)(=O)NCC2(c3cccs3)CCCCC2)cc1. The van der Waals surface area contributed by atoms with Gasteiger partial charge in [0.15, 0.2) is 0 Å². The van der Waals surface area contributed by atoms with Crippen molar-refractivity contribution in [2.75, 3.05) is 13.7 Å². The van der Waals surface area contributed by atoms with Crippen molar-refractivity contribution in [3.05, 3.63) is 46.7 Å². The molecule has 1 fully saturated rings. The summed E-state index contributed by atoms with van der Waals surface area (Å²) in [5.74, 6) is 0.649. The van der Waals surface area contributed by atoms with Crippen LogP contribution in [0.4, 0.5) is 0 Å². The molecule has 0 unspecified atom stereocenters. The van der Waals surface area contributed by atoms with Crippen molar-refractivity contribution < 1.29 is 13.2 Å². The van der Waals surface area contributed by atoms with Crippen molar-refractivity contribution in [3.63, 3.8) is 0 Å². The zero-order valence-corrected chi connectivity index (χ0v) is 15.5. The Bertz CT molecular complexity index is 746. The van der Waals surface area contributed by atoms with Crippen LogP contribution in [-0.2, 0) is 15.4 Å². The van der Waals surface area contributed by atoms with Crippen LogP contribution < -0.4 is 9.46 Å². The number of thiophene rings is 1. The predicted octanol–water partition coefficient (Wildman–Crippen LogP) is 3.94. The summed E-state index contributed by atoms with van der Waals surface area (Å²) in [5, 5.41) is 2.07. The maximum Gasteiger partial charge on any atom is 0.240 e. The van der Waals surface area contributed by atoms with E-state index in [9.17, 15) is 8.42 Å². The summed E-state index contributed by atoms with van der Waals surface area (Å²) in [7, 11) is -1.95. The number of rotatable bonds is 6. The number of nitrogens with one attached hydrogen (secondary N) is 1. The van der Waals surface area contributed by atoms with E-state index in [-0.39, 0.29) is 10.3 Å². The molecule has 0 atom stereocenters. The number of benzene rings is 1. The number of methoxy groups -OCH3 is 1. The van der Waals surface area contributed by atoms with Crippen molar-refractivity contribution in [2.24, 2.45) is 0 Å². The van der Waals surface area contributed by atoms with E-state index in [1.54, 1.807) is 42.7 Å². The summed E-state index contributed by atoms with van der Waals surface area (Å²) in [6.07, 6.45) is 5.62. The maximum atomic E-state index is 12.6. The third-order valence-corrected chi connectivity index (χ3v) is 7.36. The van der Waals surface area contributed by atoms with Crippen LogP contribution in [0, 0.1) is 0 Å². The van der Waals surface area contributed by atoms with Crippen LogP contribution in [0.5, 0.6) is 5.75 Å². The molecule has 0 spiro atoms. The Balaban J connectivity index is 1.78. The van der Waals surface area contributed by atoms with E-state index in [0.29, 0.717) is 12.3 Å². The number of hydrogen-bond acceptors (Lipinski definition) is 4. The Morgan fingerprint density at radius 1 is 1.12 bits per heavy atom. The van der Waals surface area contributed by atoms with E-state index in [1.165, 1.54) is 11.3 Å². The molecule has 1 aromatic heterocycles. The topological polar surface area (TPSA) is 55.4 Å². The molecule has 6 heteroatoms. The van der Waals surface area contributed by atoms with Gasteiger partial charge in [0.05, 0.1) is 12.0 Å². The summed E-state index contributed by atoms with van der Waals surface area (Å²) in [4.78, 5) is 1.57. The second-order valence-corrected chi connectivity index (χ2v) is 9.03. The average molecular weight is 366 g/mol. The molecule has 1 aliphatic rings. The number of sulfonamides is 1. The van der Waals surface area contributed by atoms with Gasteiger partial charge in [0.2, 0.25) is 10.0 Å². The van der Waals surface area contributed by atoms with Gasteiger partial charge in [0, 0.05) is 16.8 Å². The molecule has 1 aliphatic carbocycles. The van der Waals surface area contributed by atoms with Gasteiger partial charge in [-0.3, -0.25) is 0 Å². The first-order valence-corrected chi connectivity index (χ1v) is 10.6. The lowest BCUT2D eigenvalue weighted by Crippen LogP contribution is -2.41. The Labute approximate surface area is 147 Å². The highest BCUT2D eigenvalue weighted by molar-refractivity contribution is 7.89. The van der Waals surface area contributed by atoms with E-state index in [4.69, 9.17) is 4.74 Å². The fraction of sp³-hybridized carbons (Fsp3) is 0.444. The van der Waals surface area contributed by atoms with E-state index < -0.39 is 10.0 Å². The van der Waals surface area contributed by atoms with Gasteiger partial charge in [-0.15, -0.1) is 11.3 Å². The monoisotopic (exact) mass is 365 g/mol. The predicted molar refractivity (Wildman–Crippen MR) is 97.3 cm³/mol. The van der Waals surface area contributed by atoms with Crippen molar-refractivity contribution in [2.45, 2.75) is 42.4 Å². The molecule has 2 aromatic rings. The zero-order chi connectivity index (χ0) is 17.0. The first-order chi connectivity index (χ1) is 11.6. The quantitative estimate of drug-likeness (QED) is 0.844. The lowest BCUT2D eigenvalue weighted by molar-refractivity contribution is 0.298. The normalized spacial score (nSPS) is 17.5. The van der Waals surface area contributed by atoms with Gasteiger partial charge >= 0.3 is 0 Å². The molecule has 0 amide bonds. The van der Waals surface area contributed by atoms with Crippen LogP contribution >= 0.6 is 11.3 Å². The largest absolute Gasteiger partial charge is 0.497 e.